The smallest absolute Gasteiger partial charge is 0.265 e. The molecular formula is C21H22N4O2S. The molecule has 0 unspecified atom stereocenters. The fraction of sp³-hybridized carbons (Fsp3) is 0.286. The average Bonchev–Trinajstić information content (AvgIpc) is 3.38. The van der Waals surface area contributed by atoms with E-state index in [-0.39, 0.29) is 5.91 Å². The Morgan fingerprint density at radius 1 is 1.14 bits per heavy atom. The van der Waals surface area contributed by atoms with E-state index in [4.69, 9.17) is 5.73 Å². The SMILES string of the molecule is NC(=O)c1cc(-c2csc(NC(=O)c3ccc(C4CCCCC4)cc3)n2)c[nH]1. The number of nitrogens with one attached hydrogen (secondary N) is 2. The number of nitrogens with two attached hydrogens (primary N) is 1. The van der Waals surface area contributed by atoms with Crippen molar-refractivity contribution in [1.82, 2.24) is 9.97 Å². The lowest BCUT2D eigenvalue weighted by molar-refractivity contribution is 0.0994. The third kappa shape index (κ3) is 3.99. The van der Waals surface area contributed by atoms with Crippen molar-refractivity contribution in [1.29, 1.82) is 0 Å². The Hall–Kier alpha value is -2.93. The zero-order valence-corrected chi connectivity index (χ0v) is 16.2. The van der Waals surface area contributed by atoms with Gasteiger partial charge in [0.15, 0.2) is 5.13 Å². The van der Waals surface area contributed by atoms with Crippen molar-refractivity contribution in [2.45, 2.75) is 38.0 Å². The molecule has 144 valence electrons. The zero-order chi connectivity index (χ0) is 19.5. The van der Waals surface area contributed by atoms with Crippen molar-refractivity contribution in [3.8, 4) is 11.3 Å². The molecule has 7 heteroatoms. The van der Waals surface area contributed by atoms with Crippen LogP contribution in [0.2, 0.25) is 0 Å². The summed E-state index contributed by atoms with van der Waals surface area (Å²) in [4.78, 5) is 31.0. The van der Waals surface area contributed by atoms with E-state index in [1.165, 1.54) is 49.0 Å². The molecule has 2 amide bonds. The molecule has 1 aromatic carbocycles. The number of benzene rings is 1. The third-order valence-corrected chi connectivity index (χ3v) is 5.98. The molecule has 0 atom stereocenters. The Kier molecular flexibility index (Phi) is 5.25. The van der Waals surface area contributed by atoms with E-state index >= 15 is 0 Å². The molecule has 2 aromatic heterocycles. The van der Waals surface area contributed by atoms with Gasteiger partial charge in [-0.3, -0.25) is 14.9 Å². The highest BCUT2D eigenvalue weighted by Gasteiger charge is 2.16. The molecule has 0 saturated heterocycles. The quantitative estimate of drug-likeness (QED) is 0.592. The fourth-order valence-corrected chi connectivity index (χ4v) is 4.37. The minimum absolute atomic E-state index is 0.178. The standard InChI is InChI=1S/C21H22N4O2S/c22-19(26)17-10-16(11-23-17)18-12-28-21(24-18)25-20(27)15-8-6-14(7-9-15)13-4-2-1-3-5-13/h6-13,23H,1-5H2,(H2,22,26)(H,24,25,27). The van der Waals surface area contributed by atoms with Crippen molar-refractivity contribution in [2.24, 2.45) is 5.73 Å². The molecule has 3 aromatic rings. The number of H-pyrrole nitrogens is 1. The minimum atomic E-state index is -0.522. The first-order chi connectivity index (χ1) is 13.6. The van der Waals surface area contributed by atoms with Crippen LogP contribution in [0.25, 0.3) is 11.3 Å². The maximum atomic E-state index is 12.5. The molecule has 1 fully saturated rings. The van der Waals surface area contributed by atoms with Gasteiger partial charge in [-0.2, -0.15) is 0 Å². The summed E-state index contributed by atoms with van der Waals surface area (Å²) in [5, 5.41) is 5.18. The summed E-state index contributed by atoms with van der Waals surface area (Å²) in [6.07, 6.45) is 8.07. The minimum Gasteiger partial charge on any atom is -0.364 e. The van der Waals surface area contributed by atoms with E-state index in [1.807, 2.05) is 17.5 Å². The number of primary amides is 1. The molecule has 1 saturated carbocycles. The van der Waals surface area contributed by atoms with Gasteiger partial charge in [0.05, 0.1) is 5.69 Å². The van der Waals surface area contributed by atoms with Gasteiger partial charge in [-0.05, 0) is 42.5 Å². The van der Waals surface area contributed by atoms with Crippen LogP contribution < -0.4 is 11.1 Å². The van der Waals surface area contributed by atoms with Gasteiger partial charge < -0.3 is 10.7 Å². The van der Waals surface area contributed by atoms with Gasteiger partial charge in [-0.15, -0.1) is 11.3 Å². The van der Waals surface area contributed by atoms with Gasteiger partial charge in [0.1, 0.15) is 5.69 Å². The van der Waals surface area contributed by atoms with Crippen LogP contribution in [0.4, 0.5) is 5.13 Å². The largest absolute Gasteiger partial charge is 0.364 e. The molecule has 1 aliphatic rings. The Morgan fingerprint density at radius 3 is 2.57 bits per heavy atom. The summed E-state index contributed by atoms with van der Waals surface area (Å²) < 4.78 is 0. The number of aromatic nitrogens is 2. The number of anilines is 1. The predicted molar refractivity (Wildman–Crippen MR) is 111 cm³/mol. The molecule has 0 spiro atoms. The molecule has 1 aliphatic carbocycles. The Morgan fingerprint density at radius 2 is 1.89 bits per heavy atom. The number of thiazole rings is 1. The molecule has 4 N–H and O–H groups in total. The lowest BCUT2D eigenvalue weighted by atomic mass is 9.84. The second-order valence-corrected chi connectivity index (χ2v) is 7.97. The van der Waals surface area contributed by atoms with E-state index in [2.05, 4.69) is 27.4 Å². The summed E-state index contributed by atoms with van der Waals surface area (Å²) in [6.45, 7) is 0. The topological polar surface area (TPSA) is 101 Å². The third-order valence-electron chi connectivity index (χ3n) is 5.22. The van der Waals surface area contributed by atoms with Gasteiger partial charge in [0.2, 0.25) is 0 Å². The fourth-order valence-electron chi connectivity index (χ4n) is 3.66. The van der Waals surface area contributed by atoms with Crippen LogP contribution in [0.1, 0.15) is 64.4 Å². The van der Waals surface area contributed by atoms with Gasteiger partial charge in [-0.25, -0.2) is 4.98 Å². The number of carbonyl (C=O) groups is 2. The first-order valence-corrected chi connectivity index (χ1v) is 10.3. The molecule has 2 heterocycles. The first-order valence-electron chi connectivity index (χ1n) is 9.45. The molecular weight excluding hydrogens is 372 g/mol. The monoisotopic (exact) mass is 394 g/mol. The number of hydrogen-bond donors (Lipinski definition) is 3. The number of amides is 2. The van der Waals surface area contributed by atoms with Crippen molar-refractivity contribution >= 4 is 28.3 Å². The van der Waals surface area contributed by atoms with Crippen LogP contribution in [0.15, 0.2) is 41.9 Å². The second kappa shape index (κ2) is 7.98. The summed E-state index contributed by atoms with van der Waals surface area (Å²) in [5.41, 5.74) is 8.95. The summed E-state index contributed by atoms with van der Waals surface area (Å²) in [7, 11) is 0. The number of aromatic amines is 1. The van der Waals surface area contributed by atoms with E-state index in [1.54, 1.807) is 12.3 Å². The van der Waals surface area contributed by atoms with Crippen molar-refractivity contribution in [2.75, 3.05) is 5.32 Å². The Bertz CT molecular complexity index is 984. The van der Waals surface area contributed by atoms with E-state index in [0.29, 0.717) is 28.0 Å². The summed E-state index contributed by atoms with van der Waals surface area (Å²) in [5.74, 6) is -0.0753. The Balaban J connectivity index is 1.42. The van der Waals surface area contributed by atoms with Crippen molar-refractivity contribution in [3.63, 3.8) is 0 Å². The van der Waals surface area contributed by atoms with Crippen LogP contribution >= 0.6 is 11.3 Å². The first kappa shape index (κ1) is 18.4. The van der Waals surface area contributed by atoms with Gasteiger partial charge in [-0.1, -0.05) is 31.4 Å². The predicted octanol–water partition coefficient (Wildman–Crippen LogP) is 4.54. The van der Waals surface area contributed by atoms with E-state index in [0.717, 1.165) is 5.56 Å². The van der Waals surface area contributed by atoms with E-state index < -0.39 is 5.91 Å². The summed E-state index contributed by atoms with van der Waals surface area (Å²) in [6, 6.07) is 9.57. The van der Waals surface area contributed by atoms with Gasteiger partial charge >= 0.3 is 0 Å². The second-order valence-electron chi connectivity index (χ2n) is 7.12. The molecule has 0 aliphatic heterocycles. The molecule has 0 radical (unpaired) electrons. The van der Waals surface area contributed by atoms with E-state index in [9.17, 15) is 9.59 Å². The Labute approximate surface area is 167 Å². The number of carbonyl (C=O) groups excluding carboxylic acids is 2. The number of nitrogens with zero attached hydrogens (tertiary/aromatic N) is 1. The van der Waals surface area contributed by atoms with Crippen molar-refractivity contribution < 1.29 is 9.59 Å². The highest BCUT2D eigenvalue weighted by Crippen LogP contribution is 2.32. The highest BCUT2D eigenvalue weighted by atomic mass is 32.1. The van der Waals surface area contributed by atoms with Gasteiger partial charge in [0.25, 0.3) is 11.8 Å². The molecule has 6 nitrogen and oxygen atoms in total. The van der Waals surface area contributed by atoms with Crippen molar-refractivity contribution in [3.05, 3.63) is 58.7 Å². The van der Waals surface area contributed by atoms with Crippen LogP contribution in [0, 0.1) is 0 Å². The highest BCUT2D eigenvalue weighted by molar-refractivity contribution is 7.14. The molecule has 4 rings (SSSR count). The zero-order valence-electron chi connectivity index (χ0n) is 15.4. The average molecular weight is 395 g/mol. The normalized spacial score (nSPS) is 14.7. The molecule has 28 heavy (non-hydrogen) atoms. The number of rotatable bonds is 5. The maximum Gasteiger partial charge on any atom is 0.265 e. The maximum absolute atomic E-state index is 12.5. The molecule has 0 bridgehead atoms. The lowest BCUT2D eigenvalue weighted by Gasteiger charge is -2.22. The van der Waals surface area contributed by atoms with Crippen LogP contribution in [-0.4, -0.2) is 21.8 Å². The lowest BCUT2D eigenvalue weighted by Crippen LogP contribution is -2.12. The van der Waals surface area contributed by atoms with Crippen LogP contribution in [0.5, 0.6) is 0 Å². The summed E-state index contributed by atoms with van der Waals surface area (Å²) >= 11 is 1.34. The van der Waals surface area contributed by atoms with Crippen LogP contribution in [-0.2, 0) is 0 Å². The van der Waals surface area contributed by atoms with Gasteiger partial charge in [0, 0.05) is 22.7 Å². The number of hydrogen-bond acceptors (Lipinski definition) is 4. The van der Waals surface area contributed by atoms with Crippen LogP contribution in [0.3, 0.4) is 0 Å².